The molecule has 2 rings (SSSR count). The maximum atomic E-state index is 12.6. The number of carboxylic acids is 1. The van der Waals surface area contributed by atoms with Crippen LogP contribution in [0.25, 0.3) is 0 Å². The lowest BCUT2D eigenvalue weighted by molar-refractivity contribution is -0.136. The van der Waals surface area contributed by atoms with E-state index >= 15 is 0 Å². The van der Waals surface area contributed by atoms with E-state index in [2.05, 4.69) is 10.6 Å². The predicted octanol–water partition coefficient (Wildman–Crippen LogP) is 3.72. The molecule has 0 saturated carbocycles. The fourth-order valence-electron chi connectivity index (χ4n) is 2.84. The van der Waals surface area contributed by atoms with Gasteiger partial charge >= 0.3 is 5.97 Å². The number of nitrogens with one attached hydrogen (secondary N) is 2. The van der Waals surface area contributed by atoms with Gasteiger partial charge in [-0.2, -0.15) is 5.26 Å². The van der Waals surface area contributed by atoms with Crippen LogP contribution in [0.15, 0.2) is 54.2 Å². The number of hydrogen-bond donors (Lipinski definition) is 3. The summed E-state index contributed by atoms with van der Waals surface area (Å²) in [7, 11) is 0. The highest BCUT2D eigenvalue weighted by Crippen LogP contribution is 2.26. The SMILES string of the molecule is CCOc1ccc(C)cc1C(C)NC(=O)/C(C#N)=C\Nc1ccc(CC(=O)O)cc1. The van der Waals surface area contributed by atoms with E-state index in [9.17, 15) is 14.9 Å². The lowest BCUT2D eigenvalue weighted by atomic mass is 10.0. The lowest BCUT2D eigenvalue weighted by Gasteiger charge is -2.18. The minimum atomic E-state index is -0.908. The Hall–Kier alpha value is -3.79. The van der Waals surface area contributed by atoms with Crippen LogP contribution >= 0.6 is 0 Å². The first-order valence-corrected chi connectivity index (χ1v) is 9.55. The third-order valence-corrected chi connectivity index (χ3v) is 4.34. The normalized spacial score (nSPS) is 11.9. The summed E-state index contributed by atoms with van der Waals surface area (Å²) >= 11 is 0. The molecule has 1 atom stereocenters. The average Bonchev–Trinajstić information content (AvgIpc) is 2.70. The summed E-state index contributed by atoms with van der Waals surface area (Å²) in [6, 6.07) is 14.0. The first-order chi connectivity index (χ1) is 14.3. The summed E-state index contributed by atoms with van der Waals surface area (Å²) in [5.41, 5.74) is 3.09. The molecule has 0 aliphatic heterocycles. The van der Waals surface area contributed by atoms with E-state index in [1.165, 1.54) is 6.20 Å². The second kappa shape index (κ2) is 10.7. The van der Waals surface area contributed by atoms with Crippen molar-refractivity contribution in [3.8, 4) is 11.8 Å². The molecule has 0 radical (unpaired) electrons. The van der Waals surface area contributed by atoms with Gasteiger partial charge in [0, 0.05) is 17.5 Å². The molecule has 2 aromatic rings. The molecule has 156 valence electrons. The molecule has 7 nitrogen and oxygen atoms in total. The van der Waals surface area contributed by atoms with Crippen molar-refractivity contribution in [2.45, 2.75) is 33.2 Å². The monoisotopic (exact) mass is 407 g/mol. The van der Waals surface area contributed by atoms with Gasteiger partial charge in [0.1, 0.15) is 17.4 Å². The van der Waals surface area contributed by atoms with Crippen LogP contribution in [0.3, 0.4) is 0 Å². The standard InChI is InChI=1S/C23H25N3O4/c1-4-30-21-10-5-15(2)11-20(21)16(3)26-23(29)18(13-24)14-25-19-8-6-17(7-9-19)12-22(27)28/h5-11,14,16,25H,4,12H2,1-3H3,(H,26,29)(H,27,28)/b18-14-. The van der Waals surface area contributed by atoms with Crippen LogP contribution in [0.2, 0.25) is 0 Å². The van der Waals surface area contributed by atoms with E-state index < -0.39 is 11.9 Å². The number of nitriles is 1. The molecule has 0 spiro atoms. The van der Waals surface area contributed by atoms with Gasteiger partial charge in [0.05, 0.1) is 19.1 Å². The van der Waals surface area contributed by atoms with Crippen LogP contribution < -0.4 is 15.4 Å². The van der Waals surface area contributed by atoms with Gasteiger partial charge in [0.15, 0.2) is 0 Å². The summed E-state index contributed by atoms with van der Waals surface area (Å²) in [5.74, 6) is -0.726. The van der Waals surface area contributed by atoms with Gasteiger partial charge < -0.3 is 20.5 Å². The number of aryl methyl sites for hydroxylation is 1. The van der Waals surface area contributed by atoms with Crippen molar-refractivity contribution in [3.05, 3.63) is 70.9 Å². The smallest absolute Gasteiger partial charge is 0.307 e. The highest BCUT2D eigenvalue weighted by molar-refractivity contribution is 5.97. The average molecular weight is 407 g/mol. The van der Waals surface area contributed by atoms with Gasteiger partial charge in [-0.1, -0.05) is 29.8 Å². The number of benzene rings is 2. The largest absolute Gasteiger partial charge is 0.494 e. The van der Waals surface area contributed by atoms with E-state index in [0.29, 0.717) is 23.6 Å². The molecule has 7 heteroatoms. The number of amides is 1. The number of ether oxygens (including phenoxy) is 1. The third kappa shape index (κ3) is 6.38. The Balaban J connectivity index is 2.08. The van der Waals surface area contributed by atoms with Gasteiger partial charge in [-0.15, -0.1) is 0 Å². The van der Waals surface area contributed by atoms with Crippen molar-refractivity contribution in [1.29, 1.82) is 5.26 Å². The van der Waals surface area contributed by atoms with Crippen LogP contribution in [0.1, 0.15) is 36.6 Å². The molecular formula is C23H25N3O4. The van der Waals surface area contributed by atoms with Crippen molar-refractivity contribution < 1.29 is 19.4 Å². The molecule has 1 amide bonds. The number of carbonyl (C=O) groups is 2. The zero-order valence-corrected chi connectivity index (χ0v) is 17.2. The first kappa shape index (κ1) is 22.5. The quantitative estimate of drug-likeness (QED) is 0.431. The highest BCUT2D eigenvalue weighted by atomic mass is 16.5. The van der Waals surface area contributed by atoms with Gasteiger partial charge in [0.25, 0.3) is 5.91 Å². The zero-order chi connectivity index (χ0) is 22.1. The molecule has 0 fully saturated rings. The molecule has 0 aromatic heterocycles. The second-order valence-electron chi connectivity index (χ2n) is 6.75. The molecule has 0 heterocycles. The van der Waals surface area contributed by atoms with E-state index in [1.807, 2.05) is 45.0 Å². The molecule has 2 aromatic carbocycles. The fourth-order valence-corrected chi connectivity index (χ4v) is 2.84. The molecule has 0 aliphatic carbocycles. The zero-order valence-electron chi connectivity index (χ0n) is 17.2. The van der Waals surface area contributed by atoms with Gasteiger partial charge in [0.2, 0.25) is 0 Å². The Morgan fingerprint density at radius 3 is 2.53 bits per heavy atom. The number of carbonyl (C=O) groups excluding carboxylic acids is 1. The maximum absolute atomic E-state index is 12.6. The lowest BCUT2D eigenvalue weighted by Crippen LogP contribution is -2.28. The van der Waals surface area contributed by atoms with Crippen LogP contribution in [-0.2, 0) is 16.0 Å². The van der Waals surface area contributed by atoms with Gasteiger partial charge in [-0.05, 0) is 44.5 Å². The number of aliphatic carboxylic acids is 1. The van der Waals surface area contributed by atoms with Gasteiger partial charge in [-0.3, -0.25) is 9.59 Å². The summed E-state index contributed by atoms with van der Waals surface area (Å²) in [6.45, 7) is 6.19. The Labute approximate surface area is 176 Å². The van der Waals surface area contributed by atoms with Crippen LogP contribution in [-0.4, -0.2) is 23.6 Å². The number of carboxylic acid groups (broad SMARTS) is 1. The second-order valence-corrected chi connectivity index (χ2v) is 6.75. The molecule has 1 unspecified atom stereocenters. The van der Waals surface area contributed by atoms with Crippen LogP contribution in [0.4, 0.5) is 5.69 Å². The summed E-state index contributed by atoms with van der Waals surface area (Å²) in [6.07, 6.45) is 1.26. The summed E-state index contributed by atoms with van der Waals surface area (Å²) in [5, 5.41) is 23.9. The molecule has 0 aliphatic rings. The van der Waals surface area contributed by atoms with Gasteiger partial charge in [-0.25, -0.2) is 0 Å². The van der Waals surface area contributed by atoms with E-state index in [4.69, 9.17) is 9.84 Å². The van der Waals surface area contributed by atoms with Crippen LogP contribution in [0, 0.1) is 18.3 Å². The fraction of sp³-hybridized carbons (Fsp3) is 0.261. The first-order valence-electron chi connectivity index (χ1n) is 9.55. The Morgan fingerprint density at radius 1 is 1.23 bits per heavy atom. The maximum Gasteiger partial charge on any atom is 0.307 e. The van der Waals surface area contributed by atoms with Crippen molar-refractivity contribution in [1.82, 2.24) is 5.32 Å². The van der Waals surface area contributed by atoms with Crippen molar-refractivity contribution >= 4 is 17.6 Å². The minimum absolute atomic E-state index is 0.0669. The van der Waals surface area contributed by atoms with Crippen molar-refractivity contribution in [2.24, 2.45) is 0 Å². The number of anilines is 1. The molecule has 0 bridgehead atoms. The Kier molecular flexibility index (Phi) is 8.00. The van der Waals surface area contributed by atoms with E-state index in [1.54, 1.807) is 24.3 Å². The predicted molar refractivity (Wildman–Crippen MR) is 114 cm³/mol. The van der Waals surface area contributed by atoms with Crippen LogP contribution in [0.5, 0.6) is 5.75 Å². The summed E-state index contributed by atoms with van der Waals surface area (Å²) in [4.78, 5) is 23.3. The summed E-state index contributed by atoms with van der Waals surface area (Å²) < 4.78 is 5.64. The van der Waals surface area contributed by atoms with Crippen molar-refractivity contribution in [2.75, 3.05) is 11.9 Å². The molecular weight excluding hydrogens is 382 g/mol. The number of rotatable bonds is 9. The van der Waals surface area contributed by atoms with Crippen molar-refractivity contribution in [3.63, 3.8) is 0 Å². The van der Waals surface area contributed by atoms with E-state index in [0.717, 1.165) is 11.1 Å². The van der Waals surface area contributed by atoms with E-state index in [-0.39, 0.29) is 18.0 Å². The third-order valence-electron chi connectivity index (χ3n) is 4.34. The molecule has 30 heavy (non-hydrogen) atoms. The Bertz CT molecular complexity index is 975. The minimum Gasteiger partial charge on any atom is -0.494 e. The topological polar surface area (TPSA) is 111 Å². The molecule has 3 N–H and O–H groups in total. The Morgan fingerprint density at radius 2 is 1.93 bits per heavy atom. The number of hydrogen-bond acceptors (Lipinski definition) is 5. The number of nitrogens with zero attached hydrogens (tertiary/aromatic N) is 1. The highest BCUT2D eigenvalue weighted by Gasteiger charge is 2.17. The molecule has 0 saturated heterocycles.